The Bertz CT molecular complexity index is 432. The number of aromatic nitrogens is 2. The van der Waals surface area contributed by atoms with Gasteiger partial charge in [0.1, 0.15) is 5.82 Å². The zero-order valence-corrected chi connectivity index (χ0v) is 12.1. The number of piperazine rings is 1. The van der Waals surface area contributed by atoms with Gasteiger partial charge >= 0.3 is 0 Å². The number of carbonyl (C=O) groups excluding carboxylic acids is 1. The minimum absolute atomic E-state index is 0.303. The zero-order chi connectivity index (χ0) is 13.9. The highest BCUT2D eigenvalue weighted by atomic mass is 16.1. The van der Waals surface area contributed by atoms with E-state index in [0.29, 0.717) is 12.2 Å². The Labute approximate surface area is 115 Å². The van der Waals surface area contributed by atoms with Crippen molar-refractivity contribution in [1.29, 1.82) is 0 Å². The summed E-state index contributed by atoms with van der Waals surface area (Å²) < 4.78 is 1.98. The topological polar surface area (TPSA) is 50.2 Å². The first-order chi connectivity index (χ1) is 9.01. The molecular weight excluding hydrogens is 240 g/mol. The Balaban J connectivity index is 1.92. The molecule has 1 aliphatic heterocycles. The maximum atomic E-state index is 12.5. The second-order valence-electron chi connectivity index (χ2n) is 5.67. The smallest absolute Gasteiger partial charge is 0.152 e. The van der Waals surface area contributed by atoms with E-state index in [1.165, 1.54) is 0 Å². The van der Waals surface area contributed by atoms with Crippen molar-refractivity contribution in [1.82, 2.24) is 19.8 Å². The van der Waals surface area contributed by atoms with E-state index in [-0.39, 0.29) is 5.54 Å². The largest absolute Gasteiger partial charge is 0.338 e. The third kappa shape index (κ3) is 3.22. The van der Waals surface area contributed by atoms with Crippen LogP contribution in [0, 0.1) is 0 Å². The van der Waals surface area contributed by atoms with Gasteiger partial charge in [-0.25, -0.2) is 4.98 Å². The highest BCUT2D eigenvalue weighted by Gasteiger charge is 2.34. The van der Waals surface area contributed by atoms with Gasteiger partial charge < -0.3 is 9.88 Å². The van der Waals surface area contributed by atoms with Crippen molar-refractivity contribution in [3.63, 3.8) is 0 Å². The van der Waals surface area contributed by atoms with Gasteiger partial charge in [-0.3, -0.25) is 9.69 Å². The lowest BCUT2D eigenvalue weighted by Crippen LogP contribution is -2.57. The van der Waals surface area contributed by atoms with Crippen LogP contribution in [-0.2, 0) is 18.3 Å². The Morgan fingerprint density at radius 2 is 2.11 bits per heavy atom. The summed E-state index contributed by atoms with van der Waals surface area (Å²) in [5, 5.41) is 3.32. The molecule has 2 rings (SSSR count). The van der Waals surface area contributed by atoms with E-state index in [2.05, 4.69) is 15.2 Å². The van der Waals surface area contributed by atoms with Crippen LogP contribution in [0.2, 0.25) is 0 Å². The predicted octanol–water partition coefficient (Wildman–Crippen LogP) is 0.606. The van der Waals surface area contributed by atoms with Crippen LogP contribution in [0.1, 0.15) is 26.1 Å². The highest BCUT2D eigenvalue weighted by Crippen LogP contribution is 2.19. The molecule has 106 valence electrons. The fourth-order valence-electron chi connectivity index (χ4n) is 2.57. The Kier molecular flexibility index (Phi) is 4.37. The van der Waals surface area contributed by atoms with Gasteiger partial charge in [0, 0.05) is 58.5 Å². The molecule has 1 fully saturated rings. The van der Waals surface area contributed by atoms with Crippen molar-refractivity contribution in [2.75, 3.05) is 26.2 Å². The Morgan fingerprint density at radius 1 is 1.42 bits per heavy atom. The van der Waals surface area contributed by atoms with E-state index < -0.39 is 0 Å². The first-order valence-corrected chi connectivity index (χ1v) is 6.97. The van der Waals surface area contributed by atoms with Crippen LogP contribution in [0.15, 0.2) is 12.4 Å². The monoisotopic (exact) mass is 264 g/mol. The van der Waals surface area contributed by atoms with Gasteiger partial charge in [0.2, 0.25) is 0 Å². The molecular formula is C14H24N4O. The summed E-state index contributed by atoms with van der Waals surface area (Å²) in [6, 6.07) is 0. The van der Waals surface area contributed by atoms with Crippen LogP contribution in [0.4, 0.5) is 0 Å². The molecule has 0 spiro atoms. The van der Waals surface area contributed by atoms with Gasteiger partial charge in [0.25, 0.3) is 0 Å². The van der Waals surface area contributed by atoms with Gasteiger partial charge in [-0.2, -0.15) is 0 Å². The third-order valence-corrected chi connectivity index (χ3v) is 4.09. The molecule has 19 heavy (non-hydrogen) atoms. The van der Waals surface area contributed by atoms with Gasteiger partial charge in [-0.15, -0.1) is 0 Å². The van der Waals surface area contributed by atoms with E-state index in [1.807, 2.05) is 31.7 Å². The second kappa shape index (κ2) is 5.84. The van der Waals surface area contributed by atoms with Crippen LogP contribution < -0.4 is 5.32 Å². The fraction of sp³-hybridized carbons (Fsp3) is 0.714. The number of aryl methyl sites for hydroxylation is 2. The lowest BCUT2D eigenvalue weighted by atomic mass is 9.92. The van der Waals surface area contributed by atoms with Gasteiger partial charge in [-0.1, -0.05) is 0 Å². The molecule has 1 N–H and O–H groups in total. The minimum atomic E-state index is -0.368. The molecule has 0 saturated carbocycles. The quantitative estimate of drug-likeness (QED) is 0.846. The number of nitrogens with zero attached hydrogens (tertiary/aromatic N) is 3. The van der Waals surface area contributed by atoms with Crippen molar-refractivity contribution < 1.29 is 4.79 Å². The Hall–Kier alpha value is -1.20. The second-order valence-corrected chi connectivity index (χ2v) is 5.67. The van der Waals surface area contributed by atoms with Crippen LogP contribution >= 0.6 is 0 Å². The molecule has 0 radical (unpaired) electrons. The molecule has 5 heteroatoms. The summed E-state index contributed by atoms with van der Waals surface area (Å²) in [4.78, 5) is 19.0. The molecule has 0 aliphatic carbocycles. The van der Waals surface area contributed by atoms with Crippen LogP contribution in [0.5, 0.6) is 0 Å². The van der Waals surface area contributed by atoms with Crippen molar-refractivity contribution in [3.05, 3.63) is 18.2 Å². The molecule has 1 aromatic rings. The van der Waals surface area contributed by atoms with Crippen molar-refractivity contribution in [3.8, 4) is 0 Å². The van der Waals surface area contributed by atoms with Crippen molar-refractivity contribution in [2.45, 2.75) is 32.2 Å². The number of imidazole rings is 1. The van der Waals surface area contributed by atoms with E-state index in [9.17, 15) is 4.79 Å². The molecule has 0 atom stereocenters. The minimum Gasteiger partial charge on any atom is -0.338 e. The molecule has 0 unspecified atom stereocenters. The number of Topliss-reactive ketones (excluding diaryl/α,β-unsaturated/α-hetero) is 1. The average Bonchev–Trinajstić information content (AvgIpc) is 2.82. The summed E-state index contributed by atoms with van der Waals surface area (Å²) >= 11 is 0. The van der Waals surface area contributed by atoms with E-state index in [0.717, 1.165) is 38.4 Å². The number of nitrogens with one attached hydrogen (secondary N) is 1. The molecule has 1 aromatic heterocycles. The summed E-state index contributed by atoms with van der Waals surface area (Å²) in [7, 11) is 1.97. The first kappa shape index (κ1) is 14.2. The number of rotatable bonds is 5. The normalized spacial score (nSPS) is 17.6. The van der Waals surface area contributed by atoms with Crippen LogP contribution in [0.25, 0.3) is 0 Å². The van der Waals surface area contributed by atoms with Crippen molar-refractivity contribution >= 4 is 5.78 Å². The van der Waals surface area contributed by atoms with Gasteiger partial charge in [-0.05, 0) is 13.8 Å². The zero-order valence-electron chi connectivity index (χ0n) is 12.1. The summed E-state index contributed by atoms with van der Waals surface area (Å²) in [5.41, 5.74) is -0.368. The number of carbonyl (C=O) groups is 1. The lowest BCUT2D eigenvalue weighted by molar-refractivity contribution is -0.129. The molecule has 5 nitrogen and oxygen atoms in total. The van der Waals surface area contributed by atoms with Crippen molar-refractivity contribution in [2.24, 2.45) is 7.05 Å². The number of ketones is 1. The third-order valence-electron chi connectivity index (χ3n) is 4.09. The number of hydrogen-bond donors (Lipinski definition) is 1. The van der Waals surface area contributed by atoms with Crippen LogP contribution in [0.3, 0.4) is 0 Å². The lowest BCUT2D eigenvalue weighted by Gasteiger charge is -2.40. The molecule has 1 aliphatic rings. The van der Waals surface area contributed by atoms with E-state index in [4.69, 9.17) is 0 Å². The predicted molar refractivity (Wildman–Crippen MR) is 75.1 cm³/mol. The molecule has 1 saturated heterocycles. The van der Waals surface area contributed by atoms with E-state index >= 15 is 0 Å². The Morgan fingerprint density at radius 3 is 2.68 bits per heavy atom. The average molecular weight is 264 g/mol. The summed E-state index contributed by atoms with van der Waals surface area (Å²) in [5.74, 6) is 1.28. The van der Waals surface area contributed by atoms with Crippen LogP contribution in [-0.4, -0.2) is 52.0 Å². The summed E-state index contributed by atoms with van der Waals surface area (Å²) in [6.45, 7) is 7.91. The van der Waals surface area contributed by atoms with E-state index in [1.54, 1.807) is 6.20 Å². The standard InChI is InChI=1S/C14H24N4O/c1-14(2,18-10-6-15-7-11-18)12(19)4-5-13-16-8-9-17(13)3/h8-9,15H,4-7,10-11H2,1-3H3. The fourth-order valence-corrected chi connectivity index (χ4v) is 2.57. The molecule has 0 bridgehead atoms. The maximum absolute atomic E-state index is 12.5. The number of hydrogen-bond acceptors (Lipinski definition) is 4. The van der Waals surface area contributed by atoms with Gasteiger partial charge in [0.05, 0.1) is 5.54 Å². The maximum Gasteiger partial charge on any atom is 0.152 e. The first-order valence-electron chi connectivity index (χ1n) is 6.97. The summed E-state index contributed by atoms with van der Waals surface area (Å²) in [6.07, 6.45) is 4.97. The molecule has 0 aromatic carbocycles. The highest BCUT2D eigenvalue weighted by molar-refractivity contribution is 5.87. The van der Waals surface area contributed by atoms with Gasteiger partial charge in [0.15, 0.2) is 5.78 Å². The molecule has 2 heterocycles. The molecule has 0 amide bonds. The SMILES string of the molecule is Cn1ccnc1CCC(=O)C(C)(C)N1CCNCC1.